The van der Waals surface area contributed by atoms with Gasteiger partial charge in [-0.15, -0.1) is 0 Å². The number of phenols is 1. The van der Waals surface area contributed by atoms with Crippen LogP contribution in [0, 0.1) is 0 Å². The van der Waals surface area contributed by atoms with Gasteiger partial charge in [-0.1, -0.05) is 60.7 Å². The van der Waals surface area contributed by atoms with E-state index in [1.54, 1.807) is 6.07 Å². The number of fused-ring (bicyclic) bond motifs is 1. The molecule has 0 bridgehead atoms. The van der Waals surface area contributed by atoms with E-state index in [1.807, 2.05) is 66.7 Å². The summed E-state index contributed by atoms with van der Waals surface area (Å²) in [6.45, 7) is 0. The molecule has 0 aliphatic carbocycles. The van der Waals surface area contributed by atoms with E-state index in [2.05, 4.69) is 0 Å². The van der Waals surface area contributed by atoms with E-state index in [1.165, 1.54) is 12.1 Å². The summed E-state index contributed by atoms with van der Waals surface area (Å²) in [6, 6.07) is 23.9. The van der Waals surface area contributed by atoms with Crippen molar-refractivity contribution < 1.29 is 14.6 Å². The quantitative estimate of drug-likeness (QED) is 0.688. The highest BCUT2D eigenvalue weighted by Gasteiger charge is 2.33. The molecule has 4 rings (SSSR count). The fourth-order valence-corrected chi connectivity index (χ4v) is 3.01. The van der Waals surface area contributed by atoms with Crippen molar-refractivity contribution >= 4 is 11.9 Å². The highest BCUT2D eigenvalue weighted by Crippen LogP contribution is 2.40. The third-order valence-electron chi connectivity index (χ3n) is 4.22. The van der Waals surface area contributed by atoms with Gasteiger partial charge in [0.1, 0.15) is 11.5 Å². The van der Waals surface area contributed by atoms with Crippen molar-refractivity contribution in [2.75, 3.05) is 0 Å². The first kappa shape index (κ1) is 15.2. The van der Waals surface area contributed by atoms with E-state index in [4.69, 9.17) is 4.74 Å². The zero-order valence-corrected chi connectivity index (χ0v) is 13.4. The normalized spacial score (nSPS) is 17.8. The van der Waals surface area contributed by atoms with E-state index in [9.17, 15) is 9.90 Å². The van der Waals surface area contributed by atoms with Crippen molar-refractivity contribution in [3.05, 3.63) is 101 Å². The van der Waals surface area contributed by atoms with Crippen LogP contribution in [0.5, 0.6) is 11.5 Å². The molecule has 1 N–H and O–H groups in total. The Bertz CT molecular complexity index is 944. The van der Waals surface area contributed by atoms with E-state index < -0.39 is 6.10 Å². The van der Waals surface area contributed by atoms with Crippen LogP contribution < -0.4 is 4.74 Å². The molecule has 122 valence electrons. The Morgan fingerprint density at radius 3 is 2.28 bits per heavy atom. The molecule has 1 aliphatic heterocycles. The van der Waals surface area contributed by atoms with E-state index in [0.717, 1.165) is 11.1 Å². The number of carbonyl (C=O) groups excluding carboxylic acids is 1. The average molecular weight is 328 g/mol. The maximum atomic E-state index is 13.1. The van der Waals surface area contributed by atoms with Crippen LogP contribution in [-0.2, 0) is 0 Å². The number of benzene rings is 3. The number of ketones is 1. The molecular weight excluding hydrogens is 312 g/mol. The van der Waals surface area contributed by atoms with Crippen LogP contribution in [-0.4, -0.2) is 10.9 Å². The van der Waals surface area contributed by atoms with Crippen molar-refractivity contribution in [3.8, 4) is 11.5 Å². The second-order valence-electron chi connectivity index (χ2n) is 5.93. The molecule has 0 radical (unpaired) electrons. The molecule has 0 fully saturated rings. The van der Waals surface area contributed by atoms with Gasteiger partial charge < -0.3 is 9.84 Å². The number of ether oxygens (including phenoxy) is 1. The van der Waals surface area contributed by atoms with Crippen LogP contribution in [0.15, 0.2) is 84.4 Å². The van der Waals surface area contributed by atoms with Crippen molar-refractivity contribution in [2.24, 2.45) is 0 Å². The molecule has 0 amide bonds. The Labute approximate surface area is 145 Å². The maximum absolute atomic E-state index is 13.1. The first-order valence-electron chi connectivity index (χ1n) is 8.08. The molecule has 3 nitrogen and oxygen atoms in total. The predicted molar refractivity (Wildman–Crippen MR) is 96.7 cm³/mol. The molecule has 3 aromatic rings. The summed E-state index contributed by atoms with van der Waals surface area (Å²) in [6.07, 6.45) is 1.36. The Hall–Kier alpha value is -3.33. The van der Waals surface area contributed by atoms with Gasteiger partial charge in [0.2, 0.25) is 0 Å². The Morgan fingerprint density at radius 1 is 0.880 bits per heavy atom. The summed E-state index contributed by atoms with van der Waals surface area (Å²) in [7, 11) is 0. The largest absolute Gasteiger partial charge is 0.508 e. The van der Waals surface area contributed by atoms with Crippen LogP contribution >= 0.6 is 0 Å². The monoisotopic (exact) mass is 328 g/mol. The van der Waals surface area contributed by atoms with Gasteiger partial charge in [0.05, 0.1) is 5.56 Å². The average Bonchev–Trinajstić information content (AvgIpc) is 2.65. The maximum Gasteiger partial charge on any atom is 0.196 e. The van der Waals surface area contributed by atoms with Crippen LogP contribution in [0.3, 0.4) is 0 Å². The smallest absolute Gasteiger partial charge is 0.196 e. The second kappa shape index (κ2) is 6.29. The molecular formula is C22H16O3. The SMILES string of the molecule is O=C1/C(=C/c2ccccc2)C(c2ccccc2)Oc2cc(O)ccc21. The predicted octanol–water partition coefficient (Wildman–Crippen LogP) is 4.79. The molecule has 0 saturated heterocycles. The summed E-state index contributed by atoms with van der Waals surface area (Å²) in [5, 5.41) is 9.73. The lowest BCUT2D eigenvalue weighted by atomic mass is 9.89. The van der Waals surface area contributed by atoms with Gasteiger partial charge in [0.25, 0.3) is 0 Å². The van der Waals surface area contributed by atoms with Crippen molar-refractivity contribution in [3.63, 3.8) is 0 Å². The summed E-state index contributed by atoms with van der Waals surface area (Å²) in [5.74, 6) is 0.400. The van der Waals surface area contributed by atoms with Crippen LogP contribution in [0.25, 0.3) is 6.08 Å². The first-order valence-corrected chi connectivity index (χ1v) is 8.08. The second-order valence-corrected chi connectivity index (χ2v) is 5.93. The van der Waals surface area contributed by atoms with Crippen molar-refractivity contribution in [1.82, 2.24) is 0 Å². The van der Waals surface area contributed by atoms with Gasteiger partial charge in [-0.2, -0.15) is 0 Å². The molecule has 0 saturated carbocycles. The summed E-state index contributed by atoms with van der Waals surface area (Å²) >= 11 is 0. The molecule has 0 aromatic heterocycles. The van der Waals surface area contributed by atoms with Gasteiger partial charge in [-0.25, -0.2) is 0 Å². The molecule has 1 atom stereocenters. The van der Waals surface area contributed by atoms with Crippen LogP contribution in [0.2, 0.25) is 0 Å². The number of hydrogen-bond acceptors (Lipinski definition) is 3. The Balaban J connectivity index is 1.87. The summed E-state index contributed by atoms with van der Waals surface area (Å²) in [5.41, 5.74) is 2.88. The minimum atomic E-state index is -0.511. The minimum Gasteiger partial charge on any atom is -0.508 e. The lowest BCUT2D eigenvalue weighted by Gasteiger charge is -2.28. The first-order chi connectivity index (χ1) is 12.2. The molecule has 1 aliphatic rings. The summed E-state index contributed by atoms with van der Waals surface area (Å²) in [4.78, 5) is 13.1. The number of Topliss-reactive ketones (excluding diaryl/α,β-unsaturated/α-hetero) is 1. The highest BCUT2D eigenvalue weighted by atomic mass is 16.5. The van der Waals surface area contributed by atoms with Gasteiger partial charge >= 0.3 is 0 Å². The molecule has 1 unspecified atom stereocenters. The van der Waals surface area contributed by atoms with E-state index >= 15 is 0 Å². The number of aromatic hydroxyl groups is 1. The van der Waals surface area contributed by atoms with Gasteiger partial charge in [0, 0.05) is 11.6 Å². The van der Waals surface area contributed by atoms with E-state index in [-0.39, 0.29) is 11.5 Å². The Morgan fingerprint density at radius 2 is 1.56 bits per heavy atom. The number of carbonyl (C=O) groups is 1. The van der Waals surface area contributed by atoms with Crippen LogP contribution in [0.1, 0.15) is 27.6 Å². The zero-order valence-electron chi connectivity index (χ0n) is 13.4. The topological polar surface area (TPSA) is 46.5 Å². The third-order valence-corrected chi connectivity index (χ3v) is 4.22. The Kier molecular flexibility index (Phi) is 3.82. The number of rotatable bonds is 2. The molecule has 1 heterocycles. The minimum absolute atomic E-state index is 0.0776. The van der Waals surface area contributed by atoms with Gasteiger partial charge in [0.15, 0.2) is 11.9 Å². The fourth-order valence-electron chi connectivity index (χ4n) is 3.01. The summed E-state index contributed by atoms with van der Waals surface area (Å²) < 4.78 is 6.10. The standard InChI is InChI=1S/C22H16O3/c23-17-11-12-18-20(14-17)25-22(16-9-5-2-6-10-16)19(21(18)24)13-15-7-3-1-4-8-15/h1-14,22-23H/b19-13-. The number of phenolic OH excluding ortho intramolecular Hbond substituents is 1. The molecule has 3 aromatic carbocycles. The zero-order chi connectivity index (χ0) is 17.2. The molecule has 25 heavy (non-hydrogen) atoms. The third kappa shape index (κ3) is 2.92. The lowest BCUT2D eigenvalue weighted by molar-refractivity contribution is 0.0963. The lowest BCUT2D eigenvalue weighted by Crippen LogP contribution is -2.23. The molecule has 3 heteroatoms. The van der Waals surface area contributed by atoms with Gasteiger partial charge in [-0.05, 0) is 29.3 Å². The fraction of sp³-hybridized carbons (Fsp3) is 0.0455. The van der Waals surface area contributed by atoms with Crippen LogP contribution in [0.4, 0.5) is 0 Å². The molecule has 0 spiro atoms. The van der Waals surface area contributed by atoms with Gasteiger partial charge in [-0.3, -0.25) is 4.79 Å². The van der Waals surface area contributed by atoms with Crippen molar-refractivity contribution in [2.45, 2.75) is 6.10 Å². The highest BCUT2D eigenvalue weighted by molar-refractivity contribution is 6.14. The number of hydrogen-bond donors (Lipinski definition) is 1. The van der Waals surface area contributed by atoms with E-state index in [0.29, 0.717) is 16.9 Å². The van der Waals surface area contributed by atoms with Crippen molar-refractivity contribution in [1.29, 1.82) is 0 Å².